The molecule has 184 valence electrons. The second kappa shape index (κ2) is 9.25. The summed E-state index contributed by atoms with van der Waals surface area (Å²) in [5.74, 6) is -0.257. The van der Waals surface area contributed by atoms with Crippen LogP contribution < -0.4 is 11.4 Å². The standard InChI is InChI=1S/C11H18F2N3O13P3/c1-5(27-31(22,23)29-32(24,25)28-30(19,20)21)7-8(17)11(13,4-12)9(26-7)16-3-2-6(14)15-10(16)18/h2-3,5,7-9,17H,4H2,1H3,(H,22,23)(H,24,25)(H2,14,15,18)(H2,19,20,21)/t5-,7+,8?,9+,11+/m0/s1. The third-order valence-corrected chi connectivity index (χ3v) is 7.91. The fourth-order valence-corrected chi connectivity index (χ4v) is 5.94. The normalized spacial score (nSPS) is 31.1. The molecule has 16 nitrogen and oxygen atoms in total. The molecule has 1 aromatic rings. The Balaban J connectivity index is 2.25. The quantitative estimate of drug-likeness (QED) is 0.220. The van der Waals surface area contributed by atoms with Gasteiger partial charge in [-0.3, -0.25) is 9.09 Å². The second-order valence-electron chi connectivity index (χ2n) is 6.40. The molecule has 0 aromatic carbocycles. The van der Waals surface area contributed by atoms with Crippen LogP contribution in [-0.2, 0) is 31.6 Å². The molecule has 3 unspecified atom stereocenters. The minimum atomic E-state index is -5.85. The Morgan fingerprint density at radius 1 is 1.28 bits per heavy atom. The summed E-state index contributed by atoms with van der Waals surface area (Å²) in [6, 6.07) is 1.04. The molecule has 0 spiro atoms. The topological polar surface area (TPSA) is 250 Å². The summed E-state index contributed by atoms with van der Waals surface area (Å²) in [6.45, 7) is -1.02. The first-order chi connectivity index (χ1) is 14.4. The summed E-state index contributed by atoms with van der Waals surface area (Å²) in [5.41, 5.74) is 0.850. The number of nitrogen functional groups attached to an aromatic ring is 1. The van der Waals surface area contributed by atoms with Gasteiger partial charge in [-0.1, -0.05) is 0 Å². The molecule has 0 saturated carbocycles. The van der Waals surface area contributed by atoms with Crippen LogP contribution >= 0.6 is 23.5 Å². The van der Waals surface area contributed by atoms with E-state index in [4.69, 9.17) is 25.2 Å². The Bertz CT molecular complexity index is 1050. The number of rotatable bonds is 9. The van der Waals surface area contributed by atoms with Gasteiger partial charge in [-0.05, 0) is 13.0 Å². The molecular formula is C11H18F2N3O13P3. The van der Waals surface area contributed by atoms with Gasteiger partial charge in [-0.2, -0.15) is 13.6 Å². The molecule has 2 rings (SSSR count). The van der Waals surface area contributed by atoms with E-state index < -0.39 is 66.0 Å². The van der Waals surface area contributed by atoms with Crippen LogP contribution in [0.1, 0.15) is 13.2 Å². The summed E-state index contributed by atoms with van der Waals surface area (Å²) >= 11 is 0. The number of ether oxygens (including phenoxy) is 1. The van der Waals surface area contributed by atoms with Crippen LogP contribution in [0.3, 0.4) is 0 Å². The number of aliphatic hydroxyl groups is 1. The highest BCUT2D eigenvalue weighted by Crippen LogP contribution is 2.66. The number of halogens is 2. The van der Waals surface area contributed by atoms with Gasteiger partial charge in [-0.25, -0.2) is 27.3 Å². The van der Waals surface area contributed by atoms with E-state index in [-0.39, 0.29) is 5.82 Å². The number of hydrogen-bond donors (Lipinski definition) is 6. The summed E-state index contributed by atoms with van der Waals surface area (Å²) in [7, 11) is -17.2. The molecular weight excluding hydrogens is 513 g/mol. The fourth-order valence-electron chi connectivity index (χ4n) is 2.74. The van der Waals surface area contributed by atoms with Gasteiger partial charge in [0.25, 0.3) is 0 Å². The predicted octanol–water partition coefficient (Wildman–Crippen LogP) is -0.507. The van der Waals surface area contributed by atoms with Gasteiger partial charge in [0.1, 0.15) is 24.7 Å². The van der Waals surface area contributed by atoms with Crippen molar-refractivity contribution >= 4 is 29.3 Å². The Kier molecular flexibility index (Phi) is 7.84. The molecule has 1 saturated heterocycles. The predicted molar refractivity (Wildman–Crippen MR) is 97.1 cm³/mol. The Hall–Kier alpha value is -1.13. The van der Waals surface area contributed by atoms with Gasteiger partial charge in [0.05, 0.1) is 6.10 Å². The number of nitrogens with two attached hydrogens (primary N) is 1. The van der Waals surface area contributed by atoms with Crippen molar-refractivity contribution in [3.05, 3.63) is 22.7 Å². The Morgan fingerprint density at radius 2 is 1.88 bits per heavy atom. The second-order valence-corrected chi connectivity index (χ2v) is 10.8. The van der Waals surface area contributed by atoms with Crippen molar-refractivity contribution in [3.8, 4) is 0 Å². The summed E-state index contributed by atoms with van der Waals surface area (Å²) in [6.07, 6.45) is -7.51. The van der Waals surface area contributed by atoms with Crippen molar-refractivity contribution in [2.45, 2.75) is 37.1 Å². The highest BCUT2D eigenvalue weighted by atomic mass is 31.3. The molecule has 7 N–H and O–H groups in total. The lowest BCUT2D eigenvalue weighted by molar-refractivity contribution is -0.0855. The van der Waals surface area contributed by atoms with E-state index in [0.29, 0.717) is 4.57 Å². The smallest absolute Gasteiger partial charge is 0.387 e. The maximum Gasteiger partial charge on any atom is 0.490 e. The van der Waals surface area contributed by atoms with Crippen molar-refractivity contribution < 1.29 is 65.0 Å². The van der Waals surface area contributed by atoms with Crippen molar-refractivity contribution in [2.24, 2.45) is 0 Å². The average Bonchev–Trinajstić information content (AvgIpc) is 2.84. The monoisotopic (exact) mass is 531 g/mol. The van der Waals surface area contributed by atoms with Crippen LogP contribution in [-0.4, -0.2) is 64.9 Å². The van der Waals surface area contributed by atoms with Crippen LogP contribution in [0.2, 0.25) is 0 Å². The van der Waals surface area contributed by atoms with Crippen molar-refractivity contribution in [3.63, 3.8) is 0 Å². The Labute approximate surface area is 177 Å². The number of nitrogens with zero attached hydrogens (tertiary/aromatic N) is 2. The van der Waals surface area contributed by atoms with Gasteiger partial charge in [0.15, 0.2) is 6.23 Å². The van der Waals surface area contributed by atoms with Gasteiger partial charge in [0, 0.05) is 6.20 Å². The molecule has 0 amide bonds. The maximum absolute atomic E-state index is 15.2. The van der Waals surface area contributed by atoms with Crippen molar-refractivity contribution in [1.82, 2.24) is 9.55 Å². The van der Waals surface area contributed by atoms with Crippen LogP contribution in [0.5, 0.6) is 0 Å². The molecule has 1 aliphatic rings. The lowest BCUT2D eigenvalue weighted by Crippen LogP contribution is -2.48. The SMILES string of the molecule is C[C@H](OP(=O)(O)OP(=O)(O)OP(=O)(O)O)[C@H]1O[C@@H](n2ccc(N)nc2=O)[C@@](F)(CF)C1O. The molecule has 1 aliphatic heterocycles. The van der Waals surface area contributed by atoms with E-state index in [2.05, 4.69) is 18.1 Å². The lowest BCUT2D eigenvalue weighted by atomic mass is 9.95. The van der Waals surface area contributed by atoms with E-state index in [0.717, 1.165) is 19.2 Å². The van der Waals surface area contributed by atoms with Crippen LogP contribution in [0, 0.1) is 0 Å². The number of anilines is 1. The van der Waals surface area contributed by atoms with E-state index in [1.54, 1.807) is 0 Å². The van der Waals surface area contributed by atoms with Crippen LogP contribution in [0.15, 0.2) is 17.1 Å². The minimum absolute atomic E-state index is 0.257. The van der Waals surface area contributed by atoms with Crippen molar-refractivity contribution in [2.75, 3.05) is 12.4 Å². The zero-order valence-electron chi connectivity index (χ0n) is 15.7. The largest absolute Gasteiger partial charge is 0.490 e. The number of phosphoric acid groups is 3. The first kappa shape index (κ1) is 27.1. The number of phosphoric ester groups is 1. The maximum atomic E-state index is 15.2. The number of aromatic nitrogens is 2. The van der Waals surface area contributed by atoms with Gasteiger partial charge in [0.2, 0.25) is 5.67 Å². The molecule has 2 heterocycles. The number of hydrogen-bond acceptors (Lipinski definition) is 11. The highest BCUT2D eigenvalue weighted by molar-refractivity contribution is 7.66. The molecule has 0 radical (unpaired) electrons. The number of alkyl halides is 2. The molecule has 32 heavy (non-hydrogen) atoms. The van der Waals surface area contributed by atoms with Gasteiger partial charge < -0.3 is 35.2 Å². The van der Waals surface area contributed by atoms with Gasteiger partial charge in [-0.15, -0.1) is 0 Å². The molecule has 21 heteroatoms. The highest BCUT2D eigenvalue weighted by Gasteiger charge is 2.61. The van der Waals surface area contributed by atoms with Crippen LogP contribution in [0.25, 0.3) is 0 Å². The van der Waals surface area contributed by atoms with Crippen LogP contribution in [0.4, 0.5) is 14.6 Å². The molecule has 0 bridgehead atoms. The molecule has 7 atom stereocenters. The fraction of sp³-hybridized carbons (Fsp3) is 0.636. The molecule has 1 fully saturated rings. The van der Waals surface area contributed by atoms with E-state index in [1.807, 2.05) is 0 Å². The van der Waals surface area contributed by atoms with E-state index in [9.17, 15) is 32.9 Å². The average molecular weight is 531 g/mol. The summed E-state index contributed by atoms with van der Waals surface area (Å²) < 4.78 is 79.7. The van der Waals surface area contributed by atoms with E-state index >= 15 is 4.39 Å². The zero-order valence-corrected chi connectivity index (χ0v) is 18.4. The number of aliphatic hydroxyl groups excluding tert-OH is 1. The lowest BCUT2D eigenvalue weighted by Gasteiger charge is -2.26. The minimum Gasteiger partial charge on any atom is -0.387 e. The molecule has 1 aromatic heterocycles. The summed E-state index contributed by atoms with van der Waals surface area (Å²) in [4.78, 5) is 51.0. The third kappa shape index (κ3) is 6.26. The molecule has 0 aliphatic carbocycles. The first-order valence-electron chi connectivity index (χ1n) is 8.16. The van der Waals surface area contributed by atoms with E-state index in [1.165, 1.54) is 0 Å². The summed E-state index contributed by atoms with van der Waals surface area (Å²) in [5, 5.41) is 10.2. The zero-order chi connectivity index (χ0) is 24.7. The van der Waals surface area contributed by atoms with Crippen molar-refractivity contribution in [1.29, 1.82) is 0 Å². The first-order valence-corrected chi connectivity index (χ1v) is 12.7. The third-order valence-electron chi connectivity index (χ3n) is 3.99. The Morgan fingerprint density at radius 3 is 2.38 bits per heavy atom. The van der Waals surface area contributed by atoms with Gasteiger partial charge >= 0.3 is 29.2 Å².